The number of carboxylic acids is 1. The molecule has 0 saturated carbocycles. The van der Waals surface area contributed by atoms with Crippen LogP contribution in [0.25, 0.3) is 10.1 Å². The number of hydrogen-bond donors (Lipinski definition) is 2. The van der Waals surface area contributed by atoms with E-state index in [0.717, 1.165) is 21.4 Å². The van der Waals surface area contributed by atoms with E-state index in [1.54, 1.807) is 0 Å². The Kier molecular flexibility index (Phi) is 3.77. The van der Waals surface area contributed by atoms with Gasteiger partial charge >= 0.3 is 5.97 Å². The van der Waals surface area contributed by atoms with Crippen molar-refractivity contribution in [2.24, 2.45) is 0 Å². The van der Waals surface area contributed by atoms with Crippen molar-refractivity contribution in [3.8, 4) is 0 Å². The van der Waals surface area contributed by atoms with Crippen LogP contribution in [0.2, 0.25) is 0 Å². The van der Waals surface area contributed by atoms with Gasteiger partial charge in [0.25, 0.3) is 0 Å². The van der Waals surface area contributed by atoms with E-state index in [-0.39, 0.29) is 0 Å². The topological polar surface area (TPSA) is 49.3 Å². The molecule has 100 valence electrons. The maximum atomic E-state index is 11.4. The second kappa shape index (κ2) is 5.53. The van der Waals surface area contributed by atoms with E-state index in [1.807, 2.05) is 36.0 Å². The van der Waals surface area contributed by atoms with Crippen LogP contribution in [0.4, 0.5) is 0 Å². The smallest absolute Gasteiger partial charge is 0.346 e. The third-order valence-corrected chi connectivity index (χ3v) is 5.75. The predicted octanol–water partition coefficient (Wildman–Crippen LogP) is 3.19. The monoisotopic (exact) mass is 293 g/mol. The molecule has 1 fully saturated rings. The fraction of sp³-hybridized carbons (Fsp3) is 0.357. The van der Waals surface area contributed by atoms with Gasteiger partial charge in [0.15, 0.2) is 0 Å². The third-order valence-electron chi connectivity index (χ3n) is 3.39. The normalized spacial score (nSPS) is 19.1. The lowest BCUT2D eigenvalue weighted by atomic mass is 10.1. The first kappa shape index (κ1) is 13.0. The van der Waals surface area contributed by atoms with Gasteiger partial charge in [-0.25, -0.2) is 4.79 Å². The van der Waals surface area contributed by atoms with Crippen molar-refractivity contribution in [2.45, 2.75) is 19.0 Å². The minimum Gasteiger partial charge on any atom is -0.477 e. The Morgan fingerprint density at radius 1 is 1.42 bits per heavy atom. The van der Waals surface area contributed by atoms with Gasteiger partial charge in [0.05, 0.1) is 0 Å². The Balaban J connectivity index is 1.90. The Hall–Kier alpha value is -1.04. The molecule has 2 aromatic rings. The molecule has 19 heavy (non-hydrogen) atoms. The van der Waals surface area contributed by atoms with Crippen molar-refractivity contribution in [3.05, 3.63) is 34.7 Å². The van der Waals surface area contributed by atoms with Crippen LogP contribution in [0.1, 0.15) is 21.7 Å². The second-order valence-electron chi connectivity index (χ2n) is 4.65. The van der Waals surface area contributed by atoms with E-state index in [1.165, 1.54) is 23.5 Å². The lowest BCUT2D eigenvalue weighted by Gasteiger charge is -2.11. The fourth-order valence-electron chi connectivity index (χ4n) is 2.39. The number of aromatic carboxylic acids is 1. The summed E-state index contributed by atoms with van der Waals surface area (Å²) in [6.07, 6.45) is 1.18. The third kappa shape index (κ3) is 2.63. The van der Waals surface area contributed by atoms with Crippen LogP contribution < -0.4 is 5.32 Å². The molecule has 3 rings (SSSR count). The predicted molar refractivity (Wildman–Crippen MR) is 81.4 cm³/mol. The van der Waals surface area contributed by atoms with Crippen LogP contribution in [0.15, 0.2) is 24.3 Å². The summed E-state index contributed by atoms with van der Waals surface area (Å²) in [7, 11) is 0. The average molecular weight is 293 g/mol. The number of carbonyl (C=O) groups is 1. The molecule has 0 spiro atoms. The highest BCUT2D eigenvalue weighted by atomic mass is 32.2. The number of nitrogens with one attached hydrogen (secondary N) is 1. The summed E-state index contributed by atoms with van der Waals surface area (Å²) >= 11 is 3.33. The lowest BCUT2D eigenvalue weighted by Crippen LogP contribution is -2.28. The van der Waals surface area contributed by atoms with Crippen LogP contribution in [-0.2, 0) is 6.54 Å². The largest absolute Gasteiger partial charge is 0.477 e. The molecule has 1 aliphatic rings. The van der Waals surface area contributed by atoms with Gasteiger partial charge in [0, 0.05) is 23.0 Å². The molecule has 1 aliphatic heterocycles. The molecule has 2 N–H and O–H groups in total. The number of hydrogen-bond acceptors (Lipinski definition) is 4. The molecule has 0 amide bonds. The Labute approximate surface area is 120 Å². The molecule has 1 saturated heterocycles. The lowest BCUT2D eigenvalue weighted by molar-refractivity contribution is 0.0701. The maximum Gasteiger partial charge on any atom is 0.346 e. The molecule has 5 heteroatoms. The van der Waals surface area contributed by atoms with E-state index < -0.39 is 5.97 Å². The van der Waals surface area contributed by atoms with Gasteiger partial charge in [0.1, 0.15) is 4.88 Å². The van der Waals surface area contributed by atoms with E-state index in [9.17, 15) is 9.90 Å². The highest BCUT2D eigenvalue weighted by molar-refractivity contribution is 7.99. The van der Waals surface area contributed by atoms with E-state index in [4.69, 9.17) is 0 Å². The Bertz CT molecular complexity index is 603. The molecular formula is C14H15NO2S2. The van der Waals surface area contributed by atoms with Crippen molar-refractivity contribution in [2.75, 3.05) is 11.5 Å². The van der Waals surface area contributed by atoms with Gasteiger partial charge in [-0.2, -0.15) is 11.8 Å². The maximum absolute atomic E-state index is 11.4. The summed E-state index contributed by atoms with van der Waals surface area (Å²) in [6, 6.07) is 8.44. The van der Waals surface area contributed by atoms with Gasteiger partial charge < -0.3 is 10.4 Å². The molecule has 1 aromatic carbocycles. The first-order valence-corrected chi connectivity index (χ1v) is 8.27. The van der Waals surface area contributed by atoms with E-state index in [0.29, 0.717) is 17.5 Å². The second-order valence-corrected chi connectivity index (χ2v) is 6.85. The number of benzene rings is 1. The molecule has 1 atom stereocenters. The first-order valence-electron chi connectivity index (χ1n) is 6.30. The SMILES string of the molecule is O=C(O)c1sc2ccccc2c1CNC1CCSC1. The highest BCUT2D eigenvalue weighted by Gasteiger charge is 2.20. The van der Waals surface area contributed by atoms with Crippen LogP contribution in [0.5, 0.6) is 0 Å². The number of thioether (sulfide) groups is 1. The van der Waals surface area contributed by atoms with Gasteiger partial charge in [-0.05, 0) is 29.2 Å². The summed E-state index contributed by atoms with van der Waals surface area (Å²) in [5, 5.41) is 13.9. The molecule has 1 aromatic heterocycles. The zero-order valence-electron chi connectivity index (χ0n) is 10.4. The molecule has 0 radical (unpaired) electrons. The fourth-order valence-corrected chi connectivity index (χ4v) is 4.64. The standard InChI is InChI=1S/C14H15NO2S2/c16-14(17)13-11(7-15-9-5-6-18-8-9)10-3-1-2-4-12(10)19-13/h1-4,9,15H,5-8H2,(H,16,17). The minimum absolute atomic E-state index is 0.472. The average Bonchev–Trinajstić information content (AvgIpc) is 3.03. The zero-order valence-corrected chi connectivity index (χ0v) is 12.0. The van der Waals surface area contributed by atoms with Gasteiger partial charge in [-0.15, -0.1) is 11.3 Å². The number of carboxylic acid groups (broad SMARTS) is 1. The van der Waals surface area contributed by atoms with Crippen molar-refractivity contribution in [3.63, 3.8) is 0 Å². The molecule has 2 heterocycles. The van der Waals surface area contributed by atoms with Crippen LogP contribution in [-0.4, -0.2) is 28.6 Å². The number of thiophene rings is 1. The summed E-state index contributed by atoms with van der Waals surface area (Å²) in [6.45, 7) is 0.650. The number of rotatable bonds is 4. The van der Waals surface area contributed by atoms with Crippen molar-refractivity contribution < 1.29 is 9.90 Å². The van der Waals surface area contributed by atoms with E-state index in [2.05, 4.69) is 5.32 Å². The molecule has 0 bridgehead atoms. The van der Waals surface area contributed by atoms with E-state index >= 15 is 0 Å². The molecule has 0 aliphatic carbocycles. The minimum atomic E-state index is -0.821. The molecular weight excluding hydrogens is 278 g/mol. The molecule has 1 unspecified atom stereocenters. The highest BCUT2D eigenvalue weighted by Crippen LogP contribution is 2.31. The van der Waals surface area contributed by atoms with Gasteiger partial charge in [0.2, 0.25) is 0 Å². The zero-order chi connectivity index (χ0) is 13.2. The Morgan fingerprint density at radius 3 is 3.00 bits per heavy atom. The van der Waals surface area contributed by atoms with Crippen LogP contribution in [0, 0.1) is 0 Å². The summed E-state index contributed by atoms with van der Waals surface area (Å²) in [5.74, 6) is 1.51. The summed E-state index contributed by atoms with van der Waals surface area (Å²) < 4.78 is 1.05. The first-order chi connectivity index (χ1) is 9.25. The van der Waals surface area contributed by atoms with Crippen molar-refractivity contribution in [1.82, 2.24) is 5.32 Å². The van der Waals surface area contributed by atoms with Crippen molar-refractivity contribution in [1.29, 1.82) is 0 Å². The van der Waals surface area contributed by atoms with Gasteiger partial charge in [-0.3, -0.25) is 0 Å². The quantitative estimate of drug-likeness (QED) is 0.909. The summed E-state index contributed by atoms with van der Waals surface area (Å²) in [4.78, 5) is 11.8. The Morgan fingerprint density at radius 2 is 2.26 bits per heavy atom. The molecule has 3 nitrogen and oxygen atoms in total. The van der Waals surface area contributed by atoms with Crippen molar-refractivity contribution >= 4 is 39.2 Å². The van der Waals surface area contributed by atoms with Crippen LogP contribution >= 0.6 is 23.1 Å². The van der Waals surface area contributed by atoms with Crippen LogP contribution in [0.3, 0.4) is 0 Å². The van der Waals surface area contributed by atoms with Gasteiger partial charge in [-0.1, -0.05) is 18.2 Å². The number of fused-ring (bicyclic) bond motifs is 1. The summed E-state index contributed by atoms with van der Waals surface area (Å²) in [5.41, 5.74) is 0.935.